The Morgan fingerprint density at radius 1 is 0.920 bits per heavy atom. The van der Waals surface area contributed by atoms with Crippen LogP contribution in [0.1, 0.15) is 31.1 Å². The Kier molecular flexibility index (Phi) is 4.35. The zero-order valence-corrected chi connectivity index (χ0v) is 14.4. The summed E-state index contributed by atoms with van der Waals surface area (Å²) in [6.07, 6.45) is 0. The van der Waals surface area contributed by atoms with E-state index in [2.05, 4.69) is 10.6 Å². The second kappa shape index (κ2) is 6.47. The fourth-order valence-corrected chi connectivity index (χ4v) is 2.23. The van der Waals surface area contributed by atoms with Crippen LogP contribution in [0.2, 0.25) is 0 Å². The fourth-order valence-electron chi connectivity index (χ4n) is 2.23. The Morgan fingerprint density at radius 3 is 2.40 bits per heavy atom. The highest BCUT2D eigenvalue weighted by molar-refractivity contribution is 6.05. The first-order valence-electron chi connectivity index (χ1n) is 7.95. The summed E-state index contributed by atoms with van der Waals surface area (Å²) in [7, 11) is 0. The minimum absolute atomic E-state index is 0.110. The summed E-state index contributed by atoms with van der Waals surface area (Å²) in [4.78, 5) is 24.5. The summed E-state index contributed by atoms with van der Waals surface area (Å²) in [5, 5.41) is 5.63. The van der Waals surface area contributed by atoms with E-state index in [0.29, 0.717) is 28.4 Å². The van der Waals surface area contributed by atoms with Gasteiger partial charge in [0, 0.05) is 28.4 Å². The van der Waals surface area contributed by atoms with Gasteiger partial charge in [0.1, 0.15) is 0 Å². The molecule has 0 unspecified atom stereocenters. The zero-order chi connectivity index (χ0) is 18.0. The van der Waals surface area contributed by atoms with Crippen LogP contribution in [-0.2, 0) is 4.79 Å². The number of benzene rings is 2. The third-order valence-corrected chi connectivity index (χ3v) is 3.69. The summed E-state index contributed by atoms with van der Waals surface area (Å²) in [6.45, 7) is 5.68. The van der Waals surface area contributed by atoms with Crippen molar-refractivity contribution in [2.45, 2.75) is 20.8 Å². The summed E-state index contributed by atoms with van der Waals surface area (Å²) in [6, 6.07) is 12.0. The van der Waals surface area contributed by atoms with Gasteiger partial charge in [-0.2, -0.15) is 0 Å². The van der Waals surface area contributed by atoms with E-state index in [0.717, 1.165) is 0 Å². The van der Waals surface area contributed by atoms with Crippen molar-refractivity contribution in [1.29, 1.82) is 0 Å². The molecule has 0 saturated heterocycles. The first kappa shape index (κ1) is 16.8. The van der Waals surface area contributed by atoms with Crippen molar-refractivity contribution in [2.24, 2.45) is 5.41 Å². The quantitative estimate of drug-likeness (QED) is 0.894. The molecule has 2 amide bonds. The molecule has 130 valence electrons. The lowest BCUT2D eigenvalue weighted by Crippen LogP contribution is -2.27. The lowest BCUT2D eigenvalue weighted by molar-refractivity contribution is -0.123. The van der Waals surface area contributed by atoms with E-state index in [4.69, 9.17) is 9.47 Å². The monoisotopic (exact) mass is 340 g/mol. The van der Waals surface area contributed by atoms with Gasteiger partial charge in [-0.1, -0.05) is 26.8 Å². The van der Waals surface area contributed by atoms with Crippen LogP contribution in [0, 0.1) is 5.41 Å². The van der Waals surface area contributed by atoms with Crippen LogP contribution in [0.4, 0.5) is 11.4 Å². The predicted molar refractivity (Wildman–Crippen MR) is 95.0 cm³/mol. The lowest BCUT2D eigenvalue weighted by Gasteiger charge is -2.18. The second-order valence-corrected chi connectivity index (χ2v) is 6.81. The Balaban J connectivity index is 1.72. The molecule has 0 atom stereocenters. The van der Waals surface area contributed by atoms with Gasteiger partial charge in [0.15, 0.2) is 11.5 Å². The minimum atomic E-state index is -0.509. The average Bonchev–Trinajstić information content (AvgIpc) is 3.02. The van der Waals surface area contributed by atoms with Crippen molar-refractivity contribution in [2.75, 3.05) is 17.4 Å². The number of fused-ring (bicyclic) bond motifs is 1. The zero-order valence-electron chi connectivity index (χ0n) is 14.4. The number of amides is 2. The molecule has 0 fully saturated rings. The van der Waals surface area contributed by atoms with Gasteiger partial charge in [-0.05, 0) is 30.3 Å². The van der Waals surface area contributed by atoms with Crippen LogP contribution in [-0.4, -0.2) is 18.6 Å². The maximum absolute atomic E-state index is 12.5. The third kappa shape index (κ3) is 3.91. The number of hydrogen-bond donors (Lipinski definition) is 2. The molecule has 6 nitrogen and oxygen atoms in total. The van der Waals surface area contributed by atoms with Crippen LogP contribution in [0.5, 0.6) is 11.5 Å². The van der Waals surface area contributed by atoms with E-state index in [1.54, 1.807) is 42.5 Å². The van der Waals surface area contributed by atoms with E-state index >= 15 is 0 Å². The first-order chi connectivity index (χ1) is 11.8. The van der Waals surface area contributed by atoms with Gasteiger partial charge in [-0.25, -0.2) is 0 Å². The predicted octanol–water partition coefficient (Wildman–Crippen LogP) is 3.65. The highest BCUT2D eigenvalue weighted by Gasteiger charge is 2.21. The topological polar surface area (TPSA) is 76.7 Å². The summed E-state index contributed by atoms with van der Waals surface area (Å²) >= 11 is 0. The van der Waals surface area contributed by atoms with E-state index in [-0.39, 0.29) is 18.6 Å². The number of carbonyl (C=O) groups is 2. The third-order valence-electron chi connectivity index (χ3n) is 3.69. The molecule has 1 heterocycles. The highest BCUT2D eigenvalue weighted by Crippen LogP contribution is 2.34. The van der Waals surface area contributed by atoms with Gasteiger partial charge >= 0.3 is 0 Å². The van der Waals surface area contributed by atoms with Crippen molar-refractivity contribution in [3.63, 3.8) is 0 Å². The number of carbonyl (C=O) groups excluding carboxylic acids is 2. The number of nitrogens with one attached hydrogen (secondary N) is 2. The van der Waals surface area contributed by atoms with Crippen LogP contribution in [0.3, 0.4) is 0 Å². The maximum atomic E-state index is 12.5. The summed E-state index contributed by atoms with van der Waals surface area (Å²) in [5.41, 5.74) is 1.13. The Hall–Kier alpha value is -3.02. The van der Waals surface area contributed by atoms with Crippen LogP contribution >= 0.6 is 0 Å². The van der Waals surface area contributed by atoms with E-state index < -0.39 is 5.41 Å². The summed E-state index contributed by atoms with van der Waals surface area (Å²) < 4.78 is 10.5. The largest absolute Gasteiger partial charge is 0.454 e. The molecule has 2 N–H and O–H groups in total. The highest BCUT2D eigenvalue weighted by atomic mass is 16.7. The smallest absolute Gasteiger partial charge is 0.255 e. The van der Waals surface area contributed by atoms with Gasteiger partial charge in [0.2, 0.25) is 12.7 Å². The molecule has 1 aliphatic rings. The van der Waals surface area contributed by atoms with Gasteiger partial charge in [0.25, 0.3) is 5.91 Å². The van der Waals surface area contributed by atoms with Gasteiger partial charge in [-0.15, -0.1) is 0 Å². The standard InChI is InChI=1S/C19H20N2O4/c1-19(2,3)18(23)21-13-6-4-5-12(9-13)17(22)20-14-7-8-15-16(10-14)25-11-24-15/h4-10H,11H2,1-3H3,(H,20,22)(H,21,23). The molecule has 0 bridgehead atoms. The first-order valence-corrected chi connectivity index (χ1v) is 7.95. The Morgan fingerprint density at radius 2 is 1.64 bits per heavy atom. The van der Waals surface area contributed by atoms with Crippen molar-refractivity contribution >= 4 is 23.2 Å². The molecule has 2 aromatic carbocycles. The van der Waals surface area contributed by atoms with E-state index in [9.17, 15) is 9.59 Å². The number of ether oxygens (including phenoxy) is 2. The molecule has 0 aromatic heterocycles. The SMILES string of the molecule is CC(C)(C)C(=O)Nc1cccc(C(=O)Nc2ccc3c(c2)OCO3)c1. The fraction of sp³-hybridized carbons (Fsp3) is 0.263. The molecule has 2 aromatic rings. The molecular formula is C19H20N2O4. The van der Waals surface area contributed by atoms with E-state index in [1.807, 2.05) is 20.8 Å². The van der Waals surface area contributed by atoms with E-state index in [1.165, 1.54) is 0 Å². The van der Waals surface area contributed by atoms with Crippen LogP contribution in [0.15, 0.2) is 42.5 Å². The Labute approximate surface area is 146 Å². The van der Waals surface area contributed by atoms with Gasteiger partial charge in [-0.3, -0.25) is 9.59 Å². The van der Waals surface area contributed by atoms with Gasteiger partial charge in [0.05, 0.1) is 0 Å². The molecule has 0 aliphatic carbocycles. The maximum Gasteiger partial charge on any atom is 0.255 e. The molecular weight excluding hydrogens is 320 g/mol. The normalized spacial score (nSPS) is 12.6. The summed E-state index contributed by atoms with van der Waals surface area (Å²) in [5.74, 6) is 0.875. The van der Waals surface area contributed by atoms with Crippen LogP contribution in [0.25, 0.3) is 0 Å². The van der Waals surface area contributed by atoms with Crippen LogP contribution < -0.4 is 20.1 Å². The number of hydrogen-bond acceptors (Lipinski definition) is 4. The molecule has 6 heteroatoms. The van der Waals surface area contributed by atoms with Crippen molar-refractivity contribution in [3.05, 3.63) is 48.0 Å². The second-order valence-electron chi connectivity index (χ2n) is 6.81. The van der Waals surface area contributed by atoms with Crippen molar-refractivity contribution < 1.29 is 19.1 Å². The average molecular weight is 340 g/mol. The molecule has 0 spiro atoms. The van der Waals surface area contributed by atoms with Gasteiger partial charge < -0.3 is 20.1 Å². The number of anilines is 2. The van der Waals surface area contributed by atoms with Crippen molar-refractivity contribution in [1.82, 2.24) is 0 Å². The molecule has 3 rings (SSSR count). The minimum Gasteiger partial charge on any atom is -0.454 e. The lowest BCUT2D eigenvalue weighted by atomic mass is 9.95. The molecule has 0 radical (unpaired) electrons. The number of rotatable bonds is 3. The molecule has 1 aliphatic heterocycles. The Bertz CT molecular complexity index is 824. The molecule has 25 heavy (non-hydrogen) atoms. The van der Waals surface area contributed by atoms with Crippen molar-refractivity contribution in [3.8, 4) is 11.5 Å². The molecule has 0 saturated carbocycles.